The van der Waals surface area contributed by atoms with Gasteiger partial charge in [-0.05, 0) is 33.7 Å². The van der Waals surface area contributed by atoms with Crippen LogP contribution < -0.4 is 0 Å². The van der Waals surface area contributed by atoms with Crippen molar-refractivity contribution in [1.82, 2.24) is 0 Å². The lowest BCUT2D eigenvalue weighted by Gasteiger charge is -2.02. The van der Waals surface area contributed by atoms with E-state index < -0.39 is 0 Å². The topological polar surface area (TPSA) is 74.2 Å². The van der Waals surface area contributed by atoms with Crippen LogP contribution in [0, 0.1) is 0 Å². The molecule has 6 heteroatoms. The summed E-state index contributed by atoms with van der Waals surface area (Å²) in [6, 6.07) is 0. The summed E-state index contributed by atoms with van der Waals surface area (Å²) < 4.78 is 0. The maximum atomic E-state index is 3.94. The fraction of sp³-hybridized carbons (Fsp3) is 1.00. The fourth-order valence-electron chi connectivity index (χ4n) is 2.49. The molecule has 6 nitrogen and oxygen atoms in total. The second-order valence-electron chi connectivity index (χ2n) is 5.68. The van der Waals surface area contributed by atoms with Gasteiger partial charge in [0.1, 0.15) is 0 Å². The zero-order valence-electron chi connectivity index (χ0n) is 13.3. The summed E-state index contributed by atoms with van der Waals surface area (Å²) in [6.45, 7) is 1.46. The van der Waals surface area contributed by atoms with Gasteiger partial charge in [-0.3, -0.25) is 0 Å². The van der Waals surface area contributed by atoms with Gasteiger partial charge in [-0.25, -0.2) is 0 Å². The Bertz CT molecular complexity index is 273. The molecule has 0 aromatic heterocycles. The molecule has 0 N–H and O–H groups in total. The molecule has 0 radical (unpaired) electrons. The molecule has 0 unspecified atom stereocenters. The minimum absolute atomic E-state index is 0.732. The first-order chi connectivity index (χ1) is 10.5. The van der Waals surface area contributed by atoms with Crippen LogP contribution in [0.15, 0.2) is 31.1 Å². The first-order valence-electron chi connectivity index (χ1n) is 8.63. The number of hydrogen-bond acceptors (Lipinski definition) is 6. The van der Waals surface area contributed by atoms with Crippen LogP contribution >= 0.6 is 0 Å². The minimum atomic E-state index is 0.732. The number of nitrogens with zero attached hydrogens (tertiary/aromatic N) is 6. The Hall–Kier alpha value is -1.20. The van der Waals surface area contributed by atoms with E-state index >= 15 is 0 Å². The molecular formula is C15H30N6. The van der Waals surface area contributed by atoms with Crippen LogP contribution in [0.1, 0.15) is 83.5 Å². The molecule has 1 heterocycles. The van der Waals surface area contributed by atoms with E-state index in [4.69, 9.17) is 0 Å². The molecule has 1 aliphatic heterocycles. The van der Waals surface area contributed by atoms with E-state index in [2.05, 4.69) is 31.1 Å². The Morgan fingerprint density at radius 2 is 0.571 bits per heavy atom. The van der Waals surface area contributed by atoms with E-state index in [-0.39, 0.29) is 0 Å². The molecule has 1 rings (SSSR count). The number of hydrogen-bond donors (Lipinski definition) is 0. The van der Waals surface area contributed by atoms with Crippen LogP contribution in [0.4, 0.5) is 0 Å². The highest BCUT2D eigenvalue weighted by atomic mass is 15.6. The van der Waals surface area contributed by atoms with Crippen molar-refractivity contribution < 1.29 is 0 Å². The van der Waals surface area contributed by atoms with Crippen LogP contribution in [-0.2, 0) is 0 Å². The highest BCUT2D eigenvalue weighted by molar-refractivity contribution is 4.50. The summed E-state index contributed by atoms with van der Waals surface area (Å²) in [4.78, 5) is 0. The van der Waals surface area contributed by atoms with Gasteiger partial charge in [-0.2, -0.15) is 10.2 Å². The van der Waals surface area contributed by atoms with E-state index in [1.165, 1.54) is 70.6 Å². The number of rotatable bonds is 0. The summed E-state index contributed by atoms with van der Waals surface area (Å²) in [5, 5.41) is 22.1. The van der Waals surface area contributed by atoms with Gasteiger partial charge in [0, 0.05) is 0 Å². The molecule has 0 spiro atoms. The summed E-state index contributed by atoms with van der Waals surface area (Å²) in [7, 11) is 0. The van der Waals surface area contributed by atoms with Crippen molar-refractivity contribution in [2.45, 2.75) is 83.5 Å². The first kappa shape index (κ1) is 17.9. The monoisotopic (exact) mass is 294 g/mol. The van der Waals surface area contributed by atoms with Crippen LogP contribution in [0.5, 0.6) is 0 Å². The highest BCUT2D eigenvalue weighted by Crippen LogP contribution is 2.12. The van der Waals surface area contributed by atoms with Crippen molar-refractivity contribution in [2.75, 3.05) is 13.1 Å². The van der Waals surface area contributed by atoms with Crippen LogP contribution in [0.3, 0.4) is 0 Å². The molecular weight excluding hydrogens is 264 g/mol. The van der Waals surface area contributed by atoms with Gasteiger partial charge >= 0.3 is 0 Å². The quantitative estimate of drug-likeness (QED) is 0.506. The van der Waals surface area contributed by atoms with E-state index in [9.17, 15) is 0 Å². The van der Waals surface area contributed by atoms with E-state index in [0.717, 1.165) is 25.9 Å². The van der Waals surface area contributed by atoms with Crippen molar-refractivity contribution >= 4 is 0 Å². The van der Waals surface area contributed by atoms with Gasteiger partial charge in [0.2, 0.25) is 0 Å². The average Bonchev–Trinajstić information content (AvgIpc) is 2.50. The van der Waals surface area contributed by atoms with Gasteiger partial charge in [0.25, 0.3) is 0 Å². The third-order valence-electron chi connectivity index (χ3n) is 3.76. The van der Waals surface area contributed by atoms with Crippen LogP contribution in [0.2, 0.25) is 0 Å². The van der Waals surface area contributed by atoms with Gasteiger partial charge in [0.15, 0.2) is 0 Å². The van der Waals surface area contributed by atoms with Gasteiger partial charge in [-0.15, -0.1) is 0 Å². The van der Waals surface area contributed by atoms with Crippen molar-refractivity contribution in [3.63, 3.8) is 0 Å². The molecule has 0 bridgehead atoms. The zero-order chi connectivity index (χ0) is 14.8. The molecule has 0 atom stereocenters. The second-order valence-corrected chi connectivity index (χ2v) is 5.68. The second kappa shape index (κ2) is 15.2. The lowest BCUT2D eigenvalue weighted by Crippen LogP contribution is -1.85. The predicted octanol–water partition coefficient (Wildman–Crippen LogP) is 6.26. The zero-order valence-corrected chi connectivity index (χ0v) is 13.3. The first-order valence-corrected chi connectivity index (χ1v) is 8.63. The van der Waals surface area contributed by atoms with Crippen molar-refractivity contribution in [3.05, 3.63) is 0 Å². The van der Waals surface area contributed by atoms with E-state index in [1.807, 2.05) is 0 Å². The third kappa shape index (κ3) is 13.5. The smallest absolute Gasteiger partial charge is 0.0621 e. The van der Waals surface area contributed by atoms with Crippen LogP contribution in [-0.4, -0.2) is 13.1 Å². The maximum Gasteiger partial charge on any atom is 0.0621 e. The van der Waals surface area contributed by atoms with Gasteiger partial charge in [-0.1, -0.05) is 70.6 Å². The highest BCUT2D eigenvalue weighted by Gasteiger charge is 1.94. The molecule has 21 heavy (non-hydrogen) atoms. The summed E-state index contributed by atoms with van der Waals surface area (Å²) in [5.74, 6) is 0. The largest absolute Gasteiger partial charge is 0.167 e. The predicted molar refractivity (Wildman–Crippen MR) is 84.3 cm³/mol. The van der Waals surface area contributed by atoms with Gasteiger partial charge in [0.05, 0.1) is 13.1 Å². The fourth-order valence-corrected chi connectivity index (χ4v) is 2.49. The molecule has 0 aromatic rings. The molecule has 0 amide bonds. The van der Waals surface area contributed by atoms with Crippen LogP contribution in [0.25, 0.3) is 0 Å². The molecule has 0 aliphatic carbocycles. The molecule has 120 valence electrons. The standard InChI is InChI=1S/C15H30N6/c1-2-4-6-8-10-12-14-16-18-20-21-19-17-15-13-11-9-7-5-3-1/h1-15H2/b18-16?,19-17?,21-20-. The lowest BCUT2D eigenvalue weighted by atomic mass is 10.0. The average molecular weight is 294 g/mol. The molecule has 0 aromatic carbocycles. The third-order valence-corrected chi connectivity index (χ3v) is 3.76. The van der Waals surface area contributed by atoms with E-state index in [0.29, 0.717) is 0 Å². The summed E-state index contributed by atoms with van der Waals surface area (Å²) in [5.41, 5.74) is 0. The Balaban J connectivity index is 2.17. The Morgan fingerprint density at radius 1 is 0.286 bits per heavy atom. The van der Waals surface area contributed by atoms with E-state index in [1.54, 1.807) is 0 Å². The minimum Gasteiger partial charge on any atom is -0.167 e. The van der Waals surface area contributed by atoms with Crippen molar-refractivity contribution in [2.24, 2.45) is 31.1 Å². The van der Waals surface area contributed by atoms with Gasteiger partial charge < -0.3 is 0 Å². The maximum absolute atomic E-state index is 3.94. The van der Waals surface area contributed by atoms with Crippen molar-refractivity contribution in [3.8, 4) is 0 Å². The summed E-state index contributed by atoms with van der Waals surface area (Å²) in [6.07, 6.45) is 17.0. The molecule has 0 saturated heterocycles. The normalized spacial score (nSPS) is 23.2. The lowest BCUT2D eigenvalue weighted by molar-refractivity contribution is 0.537. The van der Waals surface area contributed by atoms with Crippen molar-refractivity contribution in [1.29, 1.82) is 0 Å². The molecule has 0 fully saturated rings. The Labute approximate surface area is 128 Å². The SMILES string of the molecule is C1CCCCCCCN=N/N=N\N=NCCCCCCC1. The Kier molecular flexibility index (Phi) is 12.9. The molecule has 1 aliphatic rings. The molecule has 0 saturated carbocycles. The summed E-state index contributed by atoms with van der Waals surface area (Å²) >= 11 is 0. The Morgan fingerprint density at radius 3 is 0.905 bits per heavy atom.